The molecule has 4 heteroatoms. The van der Waals surface area contributed by atoms with Crippen molar-refractivity contribution in [3.05, 3.63) is 64.7 Å². The molecule has 3 nitrogen and oxygen atoms in total. The molecule has 2 N–H and O–H groups in total. The fourth-order valence-corrected chi connectivity index (χ4v) is 4.21. The van der Waals surface area contributed by atoms with Gasteiger partial charge in [0.05, 0.1) is 15.2 Å². The van der Waals surface area contributed by atoms with Crippen molar-refractivity contribution in [2.75, 3.05) is 20.1 Å². The first kappa shape index (κ1) is 19.0. The van der Waals surface area contributed by atoms with Crippen molar-refractivity contribution in [2.24, 2.45) is 0 Å². The summed E-state index contributed by atoms with van der Waals surface area (Å²) in [4.78, 5) is 4.80. The summed E-state index contributed by atoms with van der Waals surface area (Å²) in [5.41, 5.74) is 3.90. The first-order valence-corrected chi connectivity index (χ1v) is 10.3. The second-order valence-electron chi connectivity index (χ2n) is 7.14. The topological polar surface area (TPSA) is 37.0 Å². The third-order valence-corrected chi connectivity index (χ3v) is 5.75. The van der Waals surface area contributed by atoms with Gasteiger partial charge in [-0.3, -0.25) is 0 Å². The quantitative estimate of drug-likeness (QED) is 0.589. The normalized spacial score (nSPS) is 12.8. The Kier molecular flexibility index (Phi) is 6.78. The summed E-state index contributed by atoms with van der Waals surface area (Å²) in [7, 11) is 2.01. The van der Waals surface area contributed by atoms with Crippen LogP contribution in [0.2, 0.25) is 0 Å². The molecule has 0 aliphatic carbocycles. The smallest absolute Gasteiger partial charge is 0.0951 e. The predicted molar refractivity (Wildman–Crippen MR) is 113 cm³/mol. The lowest BCUT2D eigenvalue weighted by Crippen LogP contribution is -2.40. The Labute approximate surface area is 160 Å². The summed E-state index contributed by atoms with van der Waals surface area (Å²) in [6, 6.07) is 17.8. The molecule has 3 rings (SSSR count). The highest BCUT2D eigenvalue weighted by atomic mass is 32.1. The van der Waals surface area contributed by atoms with Gasteiger partial charge in [-0.1, -0.05) is 50.2 Å². The van der Waals surface area contributed by atoms with Gasteiger partial charge in [0, 0.05) is 25.6 Å². The van der Waals surface area contributed by atoms with Crippen molar-refractivity contribution >= 4 is 21.6 Å². The molecule has 1 atom stereocenters. The molecule has 2 aromatic carbocycles. The highest BCUT2D eigenvalue weighted by Gasteiger charge is 2.10. The highest BCUT2D eigenvalue weighted by Crippen LogP contribution is 2.26. The third kappa shape index (κ3) is 5.13. The minimum Gasteiger partial charge on any atom is -0.318 e. The van der Waals surface area contributed by atoms with E-state index < -0.39 is 0 Å². The molecule has 138 valence electrons. The van der Waals surface area contributed by atoms with Crippen LogP contribution >= 0.6 is 11.3 Å². The zero-order chi connectivity index (χ0) is 18.4. The molecule has 0 aliphatic heterocycles. The van der Waals surface area contributed by atoms with Crippen molar-refractivity contribution in [3.63, 3.8) is 0 Å². The number of fused-ring (bicyclic) bond motifs is 1. The van der Waals surface area contributed by atoms with Crippen LogP contribution < -0.4 is 10.6 Å². The monoisotopic (exact) mass is 367 g/mol. The van der Waals surface area contributed by atoms with Crippen LogP contribution in [0.25, 0.3) is 10.2 Å². The molecule has 0 aliphatic rings. The Morgan fingerprint density at radius 2 is 1.88 bits per heavy atom. The average Bonchev–Trinajstić information content (AvgIpc) is 3.04. The Morgan fingerprint density at radius 1 is 1.08 bits per heavy atom. The van der Waals surface area contributed by atoms with Crippen LogP contribution in [0.5, 0.6) is 0 Å². The Balaban J connectivity index is 1.57. The fraction of sp³-hybridized carbons (Fsp3) is 0.409. The largest absolute Gasteiger partial charge is 0.318 e. The zero-order valence-corrected chi connectivity index (χ0v) is 16.8. The average molecular weight is 368 g/mol. The van der Waals surface area contributed by atoms with Gasteiger partial charge in [-0.05, 0) is 42.6 Å². The van der Waals surface area contributed by atoms with Crippen molar-refractivity contribution in [1.82, 2.24) is 15.6 Å². The Bertz CT molecular complexity index is 811. The lowest BCUT2D eigenvalue weighted by atomic mass is 10.0. The summed E-state index contributed by atoms with van der Waals surface area (Å²) in [5.74, 6) is 0.562. The van der Waals surface area contributed by atoms with E-state index in [9.17, 15) is 0 Å². The zero-order valence-electron chi connectivity index (χ0n) is 16.0. The number of nitrogens with one attached hydrogen (secondary N) is 2. The van der Waals surface area contributed by atoms with E-state index in [1.807, 2.05) is 18.4 Å². The van der Waals surface area contributed by atoms with E-state index in [2.05, 4.69) is 73.0 Å². The molecule has 0 bridgehead atoms. The van der Waals surface area contributed by atoms with Gasteiger partial charge in [-0.2, -0.15) is 0 Å². The molecule has 0 saturated carbocycles. The van der Waals surface area contributed by atoms with Gasteiger partial charge in [0.1, 0.15) is 0 Å². The standard InChI is InChI=1S/C22H29N3S/c1-16(2)18-9-10-20-21(14-18)26-22(25-20)11-12-24-19(15-23-3)13-17-7-5-4-6-8-17/h4-10,14,16,19,23-24H,11-13,15H2,1-3H3. The maximum Gasteiger partial charge on any atom is 0.0951 e. The summed E-state index contributed by atoms with van der Waals surface area (Å²) in [6.07, 6.45) is 2.02. The van der Waals surface area contributed by atoms with E-state index in [0.29, 0.717) is 12.0 Å². The maximum atomic E-state index is 4.80. The molecule has 0 spiro atoms. The second kappa shape index (κ2) is 9.26. The van der Waals surface area contributed by atoms with Gasteiger partial charge in [0.25, 0.3) is 0 Å². The van der Waals surface area contributed by atoms with Crippen LogP contribution in [0.1, 0.15) is 35.9 Å². The van der Waals surface area contributed by atoms with Crippen LogP contribution in [0.15, 0.2) is 48.5 Å². The summed E-state index contributed by atoms with van der Waals surface area (Å²) >= 11 is 1.83. The van der Waals surface area contributed by atoms with Crippen LogP contribution in [-0.2, 0) is 12.8 Å². The molecule has 1 heterocycles. The van der Waals surface area contributed by atoms with Gasteiger partial charge >= 0.3 is 0 Å². The number of nitrogens with zero attached hydrogens (tertiary/aromatic N) is 1. The van der Waals surface area contributed by atoms with Crippen molar-refractivity contribution in [1.29, 1.82) is 0 Å². The van der Waals surface area contributed by atoms with Gasteiger partial charge < -0.3 is 10.6 Å². The molecule has 1 unspecified atom stereocenters. The lowest BCUT2D eigenvalue weighted by Gasteiger charge is -2.18. The first-order valence-electron chi connectivity index (χ1n) is 9.47. The summed E-state index contributed by atoms with van der Waals surface area (Å²) in [6.45, 7) is 6.39. The number of likely N-dealkylation sites (N-methyl/N-ethyl adjacent to an activating group) is 1. The SMILES string of the molecule is CNCC(Cc1ccccc1)NCCc1nc2ccc(C(C)C)cc2s1. The number of hydrogen-bond donors (Lipinski definition) is 2. The molecule has 26 heavy (non-hydrogen) atoms. The number of hydrogen-bond acceptors (Lipinski definition) is 4. The van der Waals surface area contributed by atoms with Gasteiger partial charge in [0.2, 0.25) is 0 Å². The van der Waals surface area contributed by atoms with Crippen molar-refractivity contribution in [3.8, 4) is 0 Å². The minimum absolute atomic E-state index is 0.435. The van der Waals surface area contributed by atoms with E-state index in [0.717, 1.165) is 31.4 Å². The molecule has 0 saturated heterocycles. The molecule has 3 aromatic rings. The van der Waals surface area contributed by atoms with Gasteiger partial charge in [-0.15, -0.1) is 11.3 Å². The third-order valence-electron chi connectivity index (χ3n) is 4.67. The lowest BCUT2D eigenvalue weighted by molar-refractivity contribution is 0.490. The van der Waals surface area contributed by atoms with Crippen LogP contribution in [0, 0.1) is 0 Å². The number of thiazole rings is 1. The van der Waals surface area contributed by atoms with E-state index in [4.69, 9.17) is 4.98 Å². The van der Waals surface area contributed by atoms with Crippen molar-refractivity contribution in [2.45, 2.75) is 38.6 Å². The molecular formula is C22H29N3S. The maximum absolute atomic E-state index is 4.80. The van der Waals surface area contributed by atoms with E-state index in [1.54, 1.807) is 0 Å². The highest BCUT2D eigenvalue weighted by molar-refractivity contribution is 7.18. The summed E-state index contributed by atoms with van der Waals surface area (Å²) in [5, 5.41) is 8.21. The summed E-state index contributed by atoms with van der Waals surface area (Å²) < 4.78 is 1.31. The van der Waals surface area contributed by atoms with E-state index in [1.165, 1.54) is 20.8 Å². The van der Waals surface area contributed by atoms with E-state index >= 15 is 0 Å². The van der Waals surface area contributed by atoms with Gasteiger partial charge in [-0.25, -0.2) is 4.98 Å². The van der Waals surface area contributed by atoms with E-state index in [-0.39, 0.29) is 0 Å². The Morgan fingerprint density at radius 3 is 2.62 bits per heavy atom. The predicted octanol–water partition coefficient (Wildman–Crippen LogP) is 4.38. The van der Waals surface area contributed by atoms with Crippen LogP contribution in [0.3, 0.4) is 0 Å². The molecular weight excluding hydrogens is 338 g/mol. The Hall–Kier alpha value is -1.75. The fourth-order valence-electron chi connectivity index (χ4n) is 3.20. The van der Waals surface area contributed by atoms with Crippen molar-refractivity contribution < 1.29 is 0 Å². The first-order chi connectivity index (χ1) is 12.7. The number of benzene rings is 2. The number of rotatable bonds is 9. The minimum atomic E-state index is 0.435. The molecule has 0 radical (unpaired) electrons. The molecule has 1 aromatic heterocycles. The second-order valence-corrected chi connectivity index (χ2v) is 8.25. The number of aromatic nitrogens is 1. The molecule has 0 fully saturated rings. The van der Waals surface area contributed by atoms with Crippen LogP contribution in [-0.4, -0.2) is 31.2 Å². The van der Waals surface area contributed by atoms with Gasteiger partial charge in [0.15, 0.2) is 0 Å². The van der Waals surface area contributed by atoms with Crippen LogP contribution in [0.4, 0.5) is 0 Å². The molecule has 0 amide bonds.